The van der Waals surface area contributed by atoms with Crippen LogP contribution < -0.4 is 0 Å². The van der Waals surface area contributed by atoms with Crippen molar-refractivity contribution in [1.29, 1.82) is 0 Å². The smallest absolute Gasteiger partial charge is 0.196 e. The molecule has 32 heavy (non-hydrogen) atoms. The molecule has 1 aromatic heterocycles. The molecule has 1 heterocycles. The van der Waals surface area contributed by atoms with Crippen LogP contribution in [-0.2, 0) is 28.1 Å². The zero-order chi connectivity index (χ0) is 22.5. The Labute approximate surface area is 211 Å². The minimum Gasteiger partial charge on any atom is -0.273 e. The predicted molar refractivity (Wildman–Crippen MR) is 137 cm³/mol. The van der Waals surface area contributed by atoms with Crippen molar-refractivity contribution in [3.05, 3.63) is 104 Å². The van der Waals surface area contributed by atoms with E-state index in [2.05, 4.69) is 26.1 Å². The third-order valence-electron chi connectivity index (χ3n) is 4.65. The summed E-state index contributed by atoms with van der Waals surface area (Å²) >= 11 is 17.6. The Balaban J connectivity index is 1.58. The van der Waals surface area contributed by atoms with Crippen LogP contribution in [0.1, 0.15) is 17.0 Å². The Kier molecular flexibility index (Phi) is 8.07. The molecule has 0 saturated carbocycles. The van der Waals surface area contributed by atoms with Gasteiger partial charge >= 0.3 is 0 Å². The molecule has 0 N–H and O–H groups in total. The highest BCUT2D eigenvalue weighted by Crippen LogP contribution is 2.32. The molecule has 164 valence electrons. The van der Waals surface area contributed by atoms with Crippen LogP contribution in [0.5, 0.6) is 0 Å². The normalized spacial score (nSPS) is 12.1. The Hall–Kier alpha value is -1.64. The van der Waals surface area contributed by atoms with E-state index < -0.39 is 10.8 Å². The lowest BCUT2D eigenvalue weighted by molar-refractivity contribution is 0.680. The van der Waals surface area contributed by atoms with Gasteiger partial charge < -0.3 is 0 Å². The van der Waals surface area contributed by atoms with Gasteiger partial charge in [0.15, 0.2) is 11.0 Å². The van der Waals surface area contributed by atoms with Crippen LogP contribution in [0.25, 0.3) is 5.69 Å². The first-order chi connectivity index (χ1) is 15.5. The van der Waals surface area contributed by atoms with Gasteiger partial charge in [0.1, 0.15) is 0 Å². The predicted octanol–water partition coefficient (Wildman–Crippen LogP) is 7.08. The van der Waals surface area contributed by atoms with E-state index in [9.17, 15) is 4.21 Å². The van der Waals surface area contributed by atoms with Crippen molar-refractivity contribution in [3.63, 3.8) is 0 Å². The van der Waals surface area contributed by atoms with Gasteiger partial charge in [0.25, 0.3) is 0 Å². The monoisotopic (exact) mass is 565 g/mol. The van der Waals surface area contributed by atoms with Crippen molar-refractivity contribution in [2.24, 2.45) is 0 Å². The maximum Gasteiger partial charge on any atom is 0.196 e. The molecule has 0 aliphatic carbocycles. The van der Waals surface area contributed by atoms with E-state index in [1.807, 2.05) is 77.4 Å². The Morgan fingerprint density at radius 2 is 1.56 bits per heavy atom. The Bertz CT molecular complexity index is 1210. The molecular weight excluding hydrogens is 549 g/mol. The minimum atomic E-state index is -1.14. The van der Waals surface area contributed by atoms with Crippen molar-refractivity contribution in [3.8, 4) is 5.69 Å². The van der Waals surface area contributed by atoms with E-state index >= 15 is 0 Å². The highest BCUT2D eigenvalue weighted by Gasteiger charge is 2.18. The molecule has 0 fully saturated rings. The lowest BCUT2D eigenvalue weighted by Gasteiger charge is -2.11. The number of benzene rings is 3. The fraction of sp³-hybridized carbons (Fsp3) is 0.130. The Morgan fingerprint density at radius 3 is 2.25 bits per heavy atom. The molecule has 0 unspecified atom stereocenters. The summed E-state index contributed by atoms with van der Waals surface area (Å²) in [5.74, 6) is 1.95. The third-order valence-corrected chi connectivity index (χ3v) is 8.08. The molecule has 1 atom stereocenters. The molecule has 0 radical (unpaired) electrons. The molecule has 9 heteroatoms. The van der Waals surface area contributed by atoms with E-state index in [1.54, 1.807) is 0 Å². The maximum absolute atomic E-state index is 12.9. The maximum atomic E-state index is 12.9. The highest BCUT2D eigenvalue weighted by molar-refractivity contribution is 9.10. The second kappa shape index (κ2) is 11.0. The number of rotatable bonds is 8. The lowest BCUT2D eigenvalue weighted by Crippen LogP contribution is -2.07. The molecule has 0 spiro atoms. The van der Waals surface area contributed by atoms with Gasteiger partial charge in [0, 0.05) is 42.5 Å². The summed E-state index contributed by atoms with van der Waals surface area (Å²) in [5, 5.41) is 10.7. The number of para-hydroxylation sites is 1. The van der Waals surface area contributed by atoms with Gasteiger partial charge in [-0.1, -0.05) is 87.3 Å². The van der Waals surface area contributed by atoms with Crippen molar-refractivity contribution in [1.82, 2.24) is 14.8 Å². The quantitative estimate of drug-likeness (QED) is 0.214. The number of aromatic nitrogens is 3. The first-order valence-corrected chi connectivity index (χ1v) is 13.7. The molecule has 0 aliphatic rings. The Morgan fingerprint density at radius 1 is 0.875 bits per heavy atom. The molecule has 4 rings (SSSR count). The minimum absolute atomic E-state index is 0.297. The topological polar surface area (TPSA) is 47.8 Å². The van der Waals surface area contributed by atoms with Gasteiger partial charge in [-0.05, 0) is 47.5 Å². The molecule has 0 amide bonds. The zero-order valence-electron chi connectivity index (χ0n) is 16.7. The number of thioether (sulfide) groups is 1. The summed E-state index contributed by atoms with van der Waals surface area (Å²) in [4.78, 5) is 0. The van der Waals surface area contributed by atoms with E-state index in [0.29, 0.717) is 38.3 Å². The molecule has 4 nitrogen and oxygen atoms in total. The van der Waals surface area contributed by atoms with Gasteiger partial charge in [-0.15, -0.1) is 10.2 Å². The van der Waals surface area contributed by atoms with E-state index in [1.165, 1.54) is 11.8 Å². The molecule has 0 saturated heterocycles. The van der Waals surface area contributed by atoms with Crippen LogP contribution >= 0.6 is 50.9 Å². The fourth-order valence-corrected chi connectivity index (χ4v) is 6.21. The van der Waals surface area contributed by atoms with Crippen molar-refractivity contribution < 1.29 is 4.21 Å². The number of halogens is 3. The van der Waals surface area contributed by atoms with Gasteiger partial charge in [-0.2, -0.15) is 0 Å². The summed E-state index contributed by atoms with van der Waals surface area (Å²) in [5.41, 5.74) is 2.78. The molecule has 3 aromatic carbocycles. The summed E-state index contributed by atoms with van der Waals surface area (Å²) in [7, 11) is -1.14. The third kappa shape index (κ3) is 5.83. The average molecular weight is 567 g/mol. The lowest BCUT2D eigenvalue weighted by atomic mass is 10.2. The van der Waals surface area contributed by atoms with Crippen LogP contribution in [0.3, 0.4) is 0 Å². The van der Waals surface area contributed by atoms with Gasteiger partial charge in [0.05, 0.1) is 5.75 Å². The van der Waals surface area contributed by atoms with Crippen LogP contribution in [0.4, 0.5) is 0 Å². The second-order valence-electron chi connectivity index (χ2n) is 6.91. The van der Waals surface area contributed by atoms with E-state index in [-0.39, 0.29) is 0 Å². The number of nitrogens with zero attached hydrogens (tertiary/aromatic N) is 3. The van der Waals surface area contributed by atoms with Crippen molar-refractivity contribution >= 4 is 61.7 Å². The molecular formula is C23H18BrCl2N3OS2. The van der Waals surface area contributed by atoms with Crippen LogP contribution in [0, 0.1) is 0 Å². The molecule has 4 aromatic rings. The van der Waals surface area contributed by atoms with Gasteiger partial charge in [-0.3, -0.25) is 8.78 Å². The number of hydrogen-bond donors (Lipinski definition) is 0. The van der Waals surface area contributed by atoms with Crippen LogP contribution in [0.2, 0.25) is 10.0 Å². The molecule has 0 aliphatic heterocycles. The zero-order valence-corrected chi connectivity index (χ0v) is 21.5. The average Bonchev–Trinajstić information content (AvgIpc) is 3.17. The molecule has 0 bridgehead atoms. The summed E-state index contributed by atoms with van der Waals surface area (Å²) in [6.07, 6.45) is 0. The highest BCUT2D eigenvalue weighted by atomic mass is 79.9. The first kappa shape index (κ1) is 23.5. The van der Waals surface area contributed by atoms with E-state index in [0.717, 1.165) is 21.3 Å². The fourth-order valence-electron chi connectivity index (χ4n) is 3.09. The summed E-state index contributed by atoms with van der Waals surface area (Å²) in [6.45, 7) is 0. The number of hydrogen-bond acceptors (Lipinski definition) is 4. The van der Waals surface area contributed by atoms with Crippen molar-refractivity contribution in [2.45, 2.75) is 22.4 Å². The largest absolute Gasteiger partial charge is 0.273 e. The van der Waals surface area contributed by atoms with Gasteiger partial charge in [0.2, 0.25) is 0 Å². The van der Waals surface area contributed by atoms with E-state index in [4.69, 9.17) is 23.2 Å². The summed E-state index contributed by atoms with van der Waals surface area (Å²) < 4.78 is 15.9. The van der Waals surface area contributed by atoms with Crippen molar-refractivity contribution in [2.75, 3.05) is 0 Å². The summed E-state index contributed by atoms with van der Waals surface area (Å²) in [6, 6.07) is 23.1. The van der Waals surface area contributed by atoms with Crippen LogP contribution in [0.15, 0.2) is 82.4 Å². The van der Waals surface area contributed by atoms with Crippen LogP contribution in [-0.4, -0.2) is 19.0 Å². The standard InChI is InChI=1S/C23H18BrCl2N3OS2/c24-17-11-9-16(10-12-17)14-32(30)15-22-27-28-23(29(22)18-5-2-1-3-6-18)31-13-19-20(25)7-4-8-21(19)26/h1-12H,13-15H2/t32-/m1/s1. The van der Waals surface area contributed by atoms with Gasteiger partial charge in [-0.25, -0.2) is 0 Å². The first-order valence-electron chi connectivity index (χ1n) is 9.66. The SMILES string of the molecule is O=[S@](Cc1ccc(Br)cc1)Cc1nnc(SCc2c(Cl)cccc2Cl)n1-c1ccccc1. The second-order valence-corrected chi connectivity index (χ2v) is 11.0.